The minimum atomic E-state index is -4.20. The van der Waals surface area contributed by atoms with Crippen molar-refractivity contribution < 1.29 is 39.6 Å². The summed E-state index contributed by atoms with van der Waals surface area (Å²) in [5.41, 5.74) is 1.81. The minimum Gasteiger partial charge on any atom is -1.00 e. The van der Waals surface area contributed by atoms with E-state index in [-0.39, 0.29) is 23.5 Å². The normalized spacial score (nSPS) is 14.9. The smallest absolute Gasteiger partial charge is 0.395 e. The lowest BCUT2D eigenvalue weighted by molar-refractivity contribution is -0.755. The molecule has 0 spiro atoms. The number of alkyl halides is 3. The van der Waals surface area contributed by atoms with Gasteiger partial charge in [0.2, 0.25) is 6.20 Å². The van der Waals surface area contributed by atoms with E-state index in [1.807, 2.05) is 41.3 Å². The number of hydrogen-bond acceptors (Lipinski definition) is 3. The molecule has 136 valence electrons. The van der Waals surface area contributed by atoms with Gasteiger partial charge < -0.3 is 26.6 Å². The first-order valence-corrected chi connectivity index (χ1v) is 7.88. The molecule has 1 aliphatic rings. The second-order valence-corrected chi connectivity index (χ2v) is 5.68. The van der Waals surface area contributed by atoms with E-state index in [0.717, 1.165) is 11.1 Å². The quantitative estimate of drug-likeness (QED) is 0.646. The monoisotopic (exact) mass is 417 g/mol. The Balaban J connectivity index is 0.00000225. The van der Waals surface area contributed by atoms with Crippen molar-refractivity contribution in [3.8, 4) is 11.1 Å². The number of morpholine rings is 1. The molecule has 0 amide bonds. The van der Waals surface area contributed by atoms with Gasteiger partial charge in [0.15, 0.2) is 12.4 Å². The number of benzene rings is 1. The van der Waals surface area contributed by atoms with E-state index < -0.39 is 12.6 Å². The molecule has 8 heteroatoms. The van der Waals surface area contributed by atoms with E-state index in [4.69, 9.17) is 4.74 Å². The van der Waals surface area contributed by atoms with Crippen molar-refractivity contribution in [1.82, 2.24) is 5.10 Å². The van der Waals surface area contributed by atoms with Crippen molar-refractivity contribution in [1.29, 1.82) is 0 Å². The molecular formula is C17H19BrF3N3O. The third-order valence-electron chi connectivity index (χ3n) is 3.87. The Bertz CT molecular complexity index is 677. The van der Waals surface area contributed by atoms with Crippen LogP contribution in [0.1, 0.15) is 6.42 Å². The number of aromatic nitrogens is 2. The molecule has 1 saturated heterocycles. The van der Waals surface area contributed by atoms with Gasteiger partial charge in [0.1, 0.15) is 6.42 Å². The van der Waals surface area contributed by atoms with Crippen LogP contribution in [0.2, 0.25) is 0 Å². The molecule has 0 saturated carbocycles. The van der Waals surface area contributed by atoms with Gasteiger partial charge in [-0.05, 0) is 5.56 Å². The van der Waals surface area contributed by atoms with Crippen LogP contribution in [0.4, 0.5) is 19.0 Å². The van der Waals surface area contributed by atoms with Crippen LogP contribution in [-0.4, -0.2) is 37.6 Å². The number of ether oxygens (including phenoxy) is 1. The van der Waals surface area contributed by atoms with Gasteiger partial charge in [-0.3, -0.25) is 0 Å². The lowest BCUT2D eigenvalue weighted by Gasteiger charge is -2.26. The Morgan fingerprint density at radius 2 is 1.76 bits per heavy atom. The first kappa shape index (κ1) is 19.7. The molecule has 0 aliphatic carbocycles. The summed E-state index contributed by atoms with van der Waals surface area (Å²) in [5.74, 6) is 0.682. The average Bonchev–Trinajstić information content (AvgIpc) is 2.61. The summed E-state index contributed by atoms with van der Waals surface area (Å²) in [6, 6.07) is 11.5. The highest BCUT2D eigenvalue weighted by atomic mass is 79.9. The van der Waals surface area contributed by atoms with Crippen molar-refractivity contribution in [3.63, 3.8) is 0 Å². The lowest BCUT2D eigenvalue weighted by Crippen LogP contribution is -3.00. The Labute approximate surface area is 155 Å². The zero-order valence-electron chi connectivity index (χ0n) is 13.5. The summed E-state index contributed by atoms with van der Waals surface area (Å²) in [4.78, 5) is 2.04. The van der Waals surface area contributed by atoms with Crippen molar-refractivity contribution in [2.45, 2.75) is 19.1 Å². The summed E-state index contributed by atoms with van der Waals surface area (Å²) in [7, 11) is 0. The van der Waals surface area contributed by atoms with E-state index in [2.05, 4.69) is 5.10 Å². The second kappa shape index (κ2) is 8.62. The maximum absolute atomic E-state index is 12.6. The number of anilines is 1. The number of rotatable bonds is 4. The minimum absolute atomic E-state index is 0. The van der Waals surface area contributed by atoms with Crippen LogP contribution in [0.3, 0.4) is 0 Å². The molecule has 1 aliphatic heterocycles. The molecule has 0 radical (unpaired) electrons. The van der Waals surface area contributed by atoms with Gasteiger partial charge in [0.25, 0.3) is 0 Å². The topological polar surface area (TPSA) is 29.2 Å². The first-order chi connectivity index (χ1) is 11.5. The standard InChI is InChI=1S/C17H19F3N3O.BrH/c18-17(19,20)6-7-23-13-15(14-4-2-1-3-5-14)12-16(21-23)22-8-10-24-11-9-22;/h1-5,12-13H,6-11H2;1H/q+1;/p-1. The molecule has 25 heavy (non-hydrogen) atoms. The Kier molecular flexibility index (Phi) is 6.78. The Hall–Kier alpha value is -1.67. The summed E-state index contributed by atoms with van der Waals surface area (Å²) >= 11 is 0. The molecule has 0 bridgehead atoms. The lowest BCUT2D eigenvalue weighted by atomic mass is 10.1. The molecule has 2 aromatic rings. The highest BCUT2D eigenvalue weighted by Gasteiger charge is 2.30. The van der Waals surface area contributed by atoms with Crippen LogP contribution >= 0.6 is 0 Å². The van der Waals surface area contributed by atoms with E-state index in [0.29, 0.717) is 32.1 Å². The fourth-order valence-electron chi connectivity index (χ4n) is 2.62. The number of hydrogen-bond donors (Lipinski definition) is 0. The number of nitrogens with zero attached hydrogens (tertiary/aromatic N) is 3. The van der Waals surface area contributed by atoms with Crippen molar-refractivity contribution in [3.05, 3.63) is 42.6 Å². The van der Waals surface area contributed by atoms with Crippen LogP contribution in [0.5, 0.6) is 0 Å². The molecule has 3 rings (SSSR count). The predicted octanol–water partition coefficient (Wildman–Crippen LogP) is -0.171. The van der Waals surface area contributed by atoms with E-state index in [1.54, 1.807) is 6.20 Å². The predicted molar refractivity (Wildman–Crippen MR) is 83.6 cm³/mol. The maximum atomic E-state index is 12.6. The summed E-state index contributed by atoms with van der Waals surface area (Å²) in [5, 5.41) is 4.37. The molecule has 1 fully saturated rings. The SMILES string of the molecule is FC(F)(F)CC[n+]1cc(-c2ccccc2)cc(N2CCOCC2)n1.[Br-]. The molecule has 0 unspecified atom stereocenters. The number of aryl methyl sites for hydroxylation is 1. The van der Waals surface area contributed by atoms with Crippen LogP contribution < -0.4 is 26.6 Å². The summed E-state index contributed by atoms with van der Waals surface area (Å²) < 4.78 is 44.4. The van der Waals surface area contributed by atoms with Crippen molar-refractivity contribution in [2.24, 2.45) is 0 Å². The van der Waals surface area contributed by atoms with Crippen LogP contribution in [0.15, 0.2) is 42.6 Å². The van der Waals surface area contributed by atoms with Crippen molar-refractivity contribution in [2.75, 3.05) is 31.2 Å². The fraction of sp³-hybridized carbons (Fsp3) is 0.412. The molecule has 0 atom stereocenters. The highest BCUT2D eigenvalue weighted by molar-refractivity contribution is 5.64. The maximum Gasteiger partial charge on any atom is 0.395 e. The Morgan fingerprint density at radius 3 is 2.40 bits per heavy atom. The largest absolute Gasteiger partial charge is 1.00 e. The van der Waals surface area contributed by atoms with Gasteiger partial charge in [-0.2, -0.15) is 13.2 Å². The summed E-state index contributed by atoms with van der Waals surface area (Å²) in [6.45, 7) is 2.37. The summed E-state index contributed by atoms with van der Waals surface area (Å²) in [6.07, 6.45) is -3.42. The zero-order valence-corrected chi connectivity index (χ0v) is 15.1. The van der Waals surface area contributed by atoms with Gasteiger partial charge in [-0.15, -0.1) is 0 Å². The van der Waals surface area contributed by atoms with Crippen LogP contribution in [0.25, 0.3) is 11.1 Å². The third kappa shape index (κ3) is 5.67. The third-order valence-corrected chi connectivity index (χ3v) is 3.87. The highest BCUT2D eigenvalue weighted by Crippen LogP contribution is 2.23. The molecule has 4 nitrogen and oxygen atoms in total. The van der Waals surface area contributed by atoms with Crippen molar-refractivity contribution >= 4 is 5.82 Å². The van der Waals surface area contributed by atoms with Gasteiger partial charge in [0, 0.05) is 24.3 Å². The molecular weight excluding hydrogens is 399 g/mol. The van der Waals surface area contributed by atoms with Crippen LogP contribution in [0, 0.1) is 0 Å². The fourth-order valence-corrected chi connectivity index (χ4v) is 2.62. The van der Waals surface area contributed by atoms with Crippen LogP contribution in [-0.2, 0) is 11.3 Å². The number of halogens is 4. The van der Waals surface area contributed by atoms with Gasteiger partial charge in [-0.25, -0.2) is 0 Å². The van der Waals surface area contributed by atoms with Gasteiger partial charge >= 0.3 is 6.18 Å². The molecule has 0 N–H and O–H groups in total. The average molecular weight is 418 g/mol. The zero-order chi connectivity index (χ0) is 17.0. The van der Waals surface area contributed by atoms with Gasteiger partial charge in [0.05, 0.1) is 18.8 Å². The second-order valence-electron chi connectivity index (χ2n) is 5.68. The molecule has 2 heterocycles. The Morgan fingerprint density at radius 1 is 1.08 bits per heavy atom. The molecule has 1 aromatic carbocycles. The molecule has 1 aromatic heterocycles. The van der Waals surface area contributed by atoms with Gasteiger partial charge in [-0.1, -0.05) is 35.0 Å². The first-order valence-electron chi connectivity index (χ1n) is 7.88. The van der Waals surface area contributed by atoms with E-state index in [9.17, 15) is 13.2 Å². The van der Waals surface area contributed by atoms with E-state index in [1.165, 1.54) is 4.68 Å². The van der Waals surface area contributed by atoms with E-state index >= 15 is 0 Å².